The SMILES string of the molecule is CNC(=O)C1CCN(S(=O)(=O)c2ccn[nH]2)CC1. The molecule has 0 unspecified atom stereocenters. The molecule has 8 heteroatoms. The molecule has 1 aromatic rings. The number of sulfonamides is 1. The summed E-state index contributed by atoms with van der Waals surface area (Å²) in [4.78, 5) is 11.5. The number of piperidine rings is 1. The normalized spacial score (nSPS) is 18.7. The zero-order valence-corrected chi connectivity index (χ0v) is 10.9. The molecule has 0 saturated carbocycles. The van der Waals surface area contributed by atoms with Crippen LogP contribution in [-0.4, -0.2) is 49.0 Å². The number of nitrogens with one attached hydrogen (secondary N) is 2. The summed E-state index contributed by atoms with van der Waals surface area (Å²) in [5, 5.41) is 8.80. The maximum atomic E-state index is 12.1. The van der Waals surface area contributed by atoms with E-state index < -0.39 is 10.0 Å². The lowest BCUT2D eigenvalue weighted by Gasteiger charge is -2.29. The smallest absolute Gasteiger partial charge is 0.259 e. The highest BCUT2D eigenvalue weighted by molar-refractivity contribution is 7.89. The predicted molar refractivity (Wildman–Crippen MR) is 64.1 cm³/mol. The number of nitrogens with zero attached hydrogens (tertiary/aromatic N) is 2. The minimum atomic E-state index is -3.49. The van der Waals surface area contributed by atoms with Crippen molar-refractivity contribution >= 4 is 15.9 Å². The highest BCUT2D eigenvalue weighted by Crippen LogP contribution is 2.22. The molecule has 7 nitrogen and oxygen atoms in total. The summed E-state index contributed by atoms with van der Waals surface area (Å²) in [5.41, 5.74) is 0. The van der Waals surface area contributed by atoms with Crippen molar-refractivity contribution in [2.75, 3.05) is 20.1 Å². The molecule has 1 aromatic heterocycles. The summed E-state index contributed by atoms with van der Waals surface area (Å²) in [6, 6.07) is 1.43. The van der Waals surface area contributed by atoms with E-state index in [0.717, 1.165) is 0 Å². The Hall–Kier alpha value is -1.41. The van der Waals surface area contributed by atoms with Crippen LogP contribution in [0.3, 0.4) is 0 Å². The molecule has 1 aliphatic rings. The summed E-state index contributed by atoms with van der Waals surface area (Å²) < 4.78 is 25.7. The Kier molecular flexibility index (Phi) is 3.67. The average Bonchev–Trinajstić information content (AvgIpc) is 2.92. The fraction of sp³-hybridized carbons (Fsp3) is 0.600. The van der Waals surface area contributed by atoms with Crippen molar-refractivity contribution in [1.29, 1.82) is 0 Å². The summed E-state index contributed by atoms with van der Waals surface area (Å²) in [6.07, 6.45) is 2.50. The van der Waals surface area contributed by atoms with Crippen LogP contribution in [0.5, 0.6) is 0 Å². The van der Waals surface area contributed by atoms with Gasteiger partial charge in [-0.1, -0.05) is 0 Å². The standard InChI is InChI=1S/C10H16N4O3S/c1-11-10(15)8-3-6-14(7-4-8)18(16,17)9-2-5-12-13-9/h2,5,8H,3-4,6-7H2,1H3,(H,11,15)(H,12,13). The van der Waals surface area contributed by atoms with E-state index >= 15 is 0 Å². The summed E-state index contributed by atoms with van der Waals surface area (Å²) in [5.74, 6) is -0.114. The predicted octanol–water partition coefficient (Wildman–Crippen LogP) is -0.444. The van der Waals surface area contributed by atoms with Gasteiger partial charge in [-0.3, -0.25) is 9.89 Å². The van der Waals surface area contributed by atoms with Gasteiger partial charge in [0, 0.05) is 26.1 Å². The van der Waals surface area contributed by atoms with Gasteiger partial charge in [0.1, 0.15) is 0 Å². The van der Waals surface area contributed by atoms with Gasteiger partial charge >= 0.3 is 0 Å². The number of carbonyl (C=O) groups is 1. The third-order valence-electron chi connectivity index (χ3n) is 3.16. The van der Waals surface area contributed by atoms with Crippen molar-refractivity contribution < 1.29 is 13.2 Å². The lowest BCUT2D eigenvalue weighted by molar-refractivity contribution is -0.125. The average molecular weight is 272 g/mol. The maximum Gasteiger partial charge on any atom is 0.259 e. The summed E-state index contributed by atoms with van der Waals surface area (Å²) in [7, 11) is -1.90. The van der Waals surface area contributed by atoms with E-state index in [-0.39, 0.29) is 16.9 Å². The van der Waals surface area contributed by atoms with Crippen molar-refractivity contribution in [2.24, 2.45) is 5.92 Å². The lowest BCUT2D eigenvalue weighted by atomic mass is 9.97. The van der Waals surface area contributed by atoms with E-state index in [4.69, 9.17) is 0 Å². The monoisotopic (exact) mass is 272 g/mol. The molecule has 0 aromatic carbocycles. The molecule has 2 N–H and O–H groups in total. The van der Waals surface area contributed by atoms with E-state index in [1.54, 1.807) is 7.05 Å². The molecule has 0 spiro atoms. The third-order valence-corrected chi connectivity index (χ3v) is 4.99. The van der Waals surface area contributed by atoms with E-state index in [1.165, 1.54) is 16.6 Å². The second kappa shape index (κ2) is 5.07. The van der Waals surface area contributed by atoms with Crippen LogP contribution < -0.4 is 5.32 Å². The van der Waals surface area contributed by atoms with Crippen LogP contribution in [0.2, 0.25) is 0 Å². The third kappa shape index (κ3) is 2.39. The molecule has 18 heavy (non-hydrogen) atoms. The molecule has 0 bridgehead atoms. The molecule has 100 valence electrons. The van der Waals surface area contributed by atoms with Crippen LogP contribution in [0.1, 0.15) is 12.8 Å². The fourth-order valence-electron chi connectivity index (χ4n) is 2.09. The van der Waals surface area contributed by atoms with Crippen LogP contribution in [0.15, 0.2) is 17.3 Å². The van der Waals surface area contributed by atoms with Crippen LogP contribution in [0.4, 0.5) is 0 Å². The fourth-order valence-corrected chi connectivity index (χ4v) is 3.46. The molecule has 1 amide bonds. The summed E-state index contributed by atoms with van der Waals surface area (Å²) in [6.45, 7) is 0.721. The number of H-pyrrole nitrogens is 1. The largest absolute Gasteiger partial charge is 0.359 e. The molecule has 0 radical (unpaired) electrons. The van der Waals surface area contributed by atoms with Gasteiger partial charge in [0.2, 0.25) is 5.91 Å². The number of aromatic nitrogens is 2. The first-order valence-corrected chi connectivity index (χ1v) is 7.21. The number of rotatable bonds is 3. The van der Waals surface area contributed by atoms with E-state index in [2.05, 4.69) is 15.5 Å². The van der Waals surface area contributed by atoms with E-state index in [1.807, 2.05) is 0 Å². The topological polar surface area (TPSA) is 95.2 Å². The minimum Gasteiger partial charge on any atom is -0.359 e. The van der Waals surface area contributed by atoms with Gasteiger partial charge in [-0.15, -0.1) is 0 Å². The van der Waals surface area contributed by atoms with Crippen LogP contribution in [0, 0.1) is 5.92 Å². The van der Waals surface area contributed by atoms with Crippen LogP contribution >= 0.6 is 0 Å². The van der Waals surface area contributed by atoms with Crippen LogP contribution in [0.25, 0.3) is 0 Å². The zero-order valence-electron chi connectivity index (χ0n) is 10.1. The Morgan fingerprint density at radius 2 is 2.17 bits per heavy atom. The summed E-state index contributed by atoms with van der Waals surface area (Å²) >= 11 is 0. The maximum absolute atomic E-state index is 12.1. The first kappa shape index (κ1) is 13.0. The molecule has 1 aliphatic heterocycles. The molecule has 1 fully saturated rings. The quantitative estimate of drug-likeness (QED) is 0.779. The van der Waals surface area contributed by atoms with Crippen molar-refractivity contribution in [3.8, 4) is 0 Å². The zero-order chi connectivity index (χ0) is 13.2. The molecular weight excluding hydrogens is 256 g/mol. The molecular formula is C10H16N4O3S. The number of hydrogen-bond donors (Lipinski definition) is 2. The number of carbonyl (C=O) groups excluding carboxylic acids is 1. The van der Waals surface area contributed by atoms with Gasteiger partial charge in [0.15, 0.2) is 5.03 Å². The van der Waals surface area contributed by atoms with E-state index in [0.29, 0.717) is 25.9 Å². The van der Waals surface area contributed by atoms with Gasteiger partial charge in [0.05, 0.1) is 6.20 Å². The second-order valence-corrected chi connectivity index (χ2v) is 6.12. The highest BCUT2D eigenvalue weighted by atomic mass is 32.2. The van der Waals surface area contributed by atoms with Crippen molar-refractivity contribution in [1.82, 2.24) is 19.8 Å². The molecule has 0 atom stereocenters. The van der Waals surface area contributed by atoms with Crippen LogP contribution in [-0.2, 0) is 14.8 Å². The molecule has 0 aliphatic carbocycles. The van der Waals surface area contributed by atoms with E-state index in [9.17, 15) is 13.2 Å². The van der Waals surface area contributed by atoms with Gasteiger partial charge < -0.3 is 5.32 Å². The Bertz CT molecular complexity index is 503. The van der Waals surface area contributed by atoms with Crippen molar-refractivity contribution in [3.05, 3.63) is 12.3 Å². The van der Waals surface area contributed by atoms with Gasteiger partial charge in [-0.25, -0.2) is 8.42 Å². The highest BCUT2D eigenvalue weighted by Gasteiger charge is 2.32. The molecule has 2 rings (SSSR count). The van der Waals surface area contributed by atoms with Gasteiger partial charge in [0.25, 0.3) is 10.0 Å². The molecule has 1 saturated heterocycles. The Morgan fingerprint density at radius 3 is 2.67 bits per heavy atom. The Labute approximate surface area is 106 Å². The number of hydrogen-bond acceptors (Lipinski definition) is 4. The van der Waals surface area contributed by atoms with Gasteiger partial charge in [-0.05, 0) is 18.9 Å². The Morgan fingerprint density at radius 1 is 1.50 bits per heavy atom. The number of amides is 1. The minimum absolute atomic E-state index is 0.0198. The first-order valence-electron chi connectivity index (χ1n) is 5.77. The Balaban J connectivity index is 2.04. The first-order chi connectivity index (χ1) is 8.55. The lowest BCUT2D eigenvalue weighted by Crippen LogP contribution is -2.42. The van der Waals surface area contributed by atoms with Crippen molar-refractivity contribution in [3.63, 3.8) is 0 Å². The number of aromatic amines is 1. The van der Waals surface area contributed by atoms with Gasteiger partial charge in [-0.2, -0.15) is 9.40 Å². The second-order valence-electron chi connectivity index (χ2n) is 4.21. The molecule has 2 heterocycles. The van der Waals surface area contributed by atoms with Crippen molar-refractivity contribution in [2.45, 2.75) is 17.9 Å².